The minimum Gasteiger partial charge on any atom is -0.383 e. The molecule has 0 rings (SSSR count). The van der Waals surface area contributed by atoms with Crippen molar-refractivity contribution < 1.29 is 18.3 Å². The average Bonchev–Trinajstić information content (AvgIpc) is 1.64. The largest absolute Gasteiger partial charge is 0.414 e. The minimum atomic E-state index is -4.55. The van der Waals surface area contributed by atoms with E-state index in [1.54, 1.807) is 0 Å². The lowest BCUT2D eigenvalue weighted by Gasteiger charge is -2.10. The average molecular weight is 139 g/mol. The number of aliphatic hydroxyl groups excluding tert-OH is 1. The van der Waals surface area contributed by atoms with Crippen molar-refractivity contribution in [2.24, 2.45) is 0 Å². The standard InChI is InChI=1S/C5H6F3O/c1-2-3-4(9)5(6,7)8/h1-2,4,9H,3H2. The molecule has 1 N–H and O–H groups in total. The van der Waals surface area contributed by atoms with Crippen LogP contribution in [0.1, 0.15) is 6.42 Å². The molecule has 0 aromatic heterocycles. The Morgan fingerprint density at radius 2 is 2.00 bits per heavy atom. The van der Waals surface area contributed by atoms with Crippen LogP contribution in [0.3, 0.4) is 0 Å². The molecule has 1 nitrogen and oxygen atoms in total. The predicted octanol–water partition coefficient (Wildman–Crippen LogP) is 1.29. The first-order valence-corrected chi connectivity index (χ1v) is 2.26. The molecule has 0 heterocycles. The van der Waals surface area contributed by atoms with Gasteiger partial charge in [-0.05, 0) is 0 Å². The van der Waals surface area contributed by atoms with Crippen LogP contribution in [-0.2, 0) is 0 Å². The van der Waals surface area contributed by atoms with E-state index in [0.29, 0.717) is 0 Å². The lowest BCUT2D eigenvalue weighted by molar-refractivity contribution is -0.202. The number of aliphatic hydroxyl groups is 1. The smallest absolute Gasteiger partial charge is 0.383 e. The maximum absolute atomic E-state index is 11.3. The minimum absolute atomic E-state index is 0.552. The Hall–Kier alpha value is -0.510. The molecule has 9 heavy (non-hydrogen) atoms. The molecule has 0 aliphatic carbocycles. The van der Waals surface area contributed by atoms with E-state index in [1.165, 1.54) is 0 Å². The normalized spacial score (nSPS) is 15.1. The number of hydrogen-bond acceptors (Lipinski definition) is 1. The van der Waals surface area contributed by atoms with E-state index in [9.17, 15) is 13.2 Å². The second kappa shape index (κ2) is 2.87. The van der Waals surface area contributed by atoms with E-state index in [4.69, 9.17) is 5.11 Å². The van der Waals surface area contributed by atoms with Gasteiger partial charge in [0.25, 0.3) is 0 Å². The van der Waals surface area contributed by atoms with E-state index in [1.807, 2.05) is 0 Å². The van der Waals surface area contributed by atoms with Crippen LogP contribution in [0.5, 0.6) is 0 Å². The summed E-state index contributed by atoms with van der Waals surface area (Å²) in [4.78, 5) is 0. The van der Waals surface area contributed by atoms with Crippen molar-refractivity contribution in [3.05, 3.63) is 12.7 Å². The van der Waals surface area contributed by atoms with Gasteiger partial charge in [0.05, 0.1) is 0 Å². The molecule has 0 bridgehead atoms. The Labute approximate surface area is 50.8 Å². The summed E-state index contributed by atoms with van der Waals surface area (Å²) in [5, 5.41) is 8.15. The zero-order chi connectivity index (χ0) is 7.49. The van der Waals surface area contributed by atoms with Gasteiger partial charge in [0, 0.05) is 6.42 Å². The van der Waals surface area contributed by atoms with Crippen LogP contribution in [0.15, 0.2) is 6.08 Å². The van der Waals surface area contributed by atoms with Crippen molar-refractivity contribution in [1.82, 2.24) is 0 Å². The monoisotopic (exact) mass is 139 g/mol. The van der Waals surface area contributed by atoms with Crippen molar-refractivity contribution in [3.8, 4) is 0 Å². The van der Waals surface area contributed by atoms with Crippen LogP contribution in [0, 0.1) is 6.58 Å². The molecule has 0 saturated heterocycles. The molecule has 0 fully saturated rings. The van der Waals surface area contributed by atoms with Gasteiger partial charge in [0.2, 0.25) is 0 Å². The molecule has 0 amide bonds. The number of rotatable bonds is 2. The Bertz CT molecular complexity index is 96.9. The summed E-state index contributed by atoms with van der Waals surface area (Å²) >= 11 is 0. The highest BCUT2D eigenvalue weighted by Gasteiger charge is 2.36. The zero-order valence-electron chi connectivity index (χ0n) is 4.52. The summed E-state index contributed by atoms with van der Waals surface area (Å²) in [5.74, 6) is 0. The number of halogens is 3. The van der Waals surface area contributed by atoms with Crippen LogP contribution < -0.4 is 0 Å². The van der Waals surface area contributed by atoms with E-state index in [2.05, 4.69) is 6.58 Å². The van der Waals surface area contributed by atoms with Gasteiger partial charge in [-0.25, -0.2) is 0 Å². The third-order valence-corrected chi connectivity index (χ3v) is 0.737. The fourth-order valence-corrected chi connectivity index (χ4v) is 0.263. The van der Waals surface area contributed by atoms with Gasteiger partial charge in [0.1, 0.15) is 0 Å². The van der Waals surface area contributed by atoms with Crippen LogP contribution in [-0.4, -0.2) is 17.4 Å². The fourth-order valence-electron chi connectivity index (χ4n) is 0.263. The topological polar surface area (TPSA) is 20.2 Å². The second-order valence-corrected chi connectivity index (χ2v) is 1.53. The highest BCUT2D eigenvalue weighted by Crippen LogP contribution is 2.21. The third-order valence-electron chi connectivity index (χ3n) is 0.737. The fraction of sp³-hybridized carbons (Fsp3) is 0.600. The van der Waals surface area contributed by atoms with Crippen molar-refractivity contribution >= 4 is 0 Å². The van der Waals surface area contributed by atoms with Crippen LogP contribution in [0.25, 0.3) is 0 Å². The molecule has 0 aromatic carbocycles. The molecular formula is C5H6F3O. The van der Waals surface area contributed by atoms with Gasteiger partial charge in [-0.3, -0.25) is 0 Å². The Morgan fingerprint density at radius 1 is 1.56 bits per heavy atom. The first-order valence-electron chi connectivity index (χ1n) is 2.26. The molecule has 0 saturated carbocycles. The van der Waals surface area contributed by atoms with Gasteiger partial charge >= 0.3 is 6.18 Å². The number of hydrogen-bond donors (Lipinski definition) is 1. The van der Waals surface area contributed by atoms with Crippen LogP contribution in [0.2, 0.25) is 0 Å². The van der Waals surface area contributed by atoms with Crippen LogP contribution >= 0.6 is 0 Å². The van der Waals surface area contributed by atoms with Gasteiger partial charge in [-0.15, -0.1) is 0 Å². The zero-order valence-corrected chi connectivity index (χ0v) is 4.52. The highest BCUT2D eigenvalue weighted by atomic mass is 19.4. The first-order chi connectivity index (χ1) is 3.98. The van der Waals surface area contributed by atoms with E-state index in [-0.39, 0.29) is 0 Å². The van der Waals surface area contributed by atoms with Crippen molar-refractivity contribution in [2.75, 3.05) is 0 Å². The Kier molecular flexibility index (Phi) is 2.70. The van der Waals surface area contributed by atoms with Gasteiger partial charge in [0.15, 0.2) is 6.10 Å². The summed E-state index contributed by atoms with van der Waals surface area (Å²) in [6.07, 6.45) is -6.64. The molecule has 4 heteroatoms. The lowest BCUT2D eigenvalue weighted by atomic mass is 10.2. The van der Waals surface area contributed by atoms with Gasteiger partial charge in [-0.2, -0.15) is 13.2 Å². The van der Waals surface area contributed by atoms with E-state index in [0.717, 1.165) is 6.08 Å². The van der Waals surface area contributed by atoms with Crippen molar-refractivity contribution in [1.29, 1.82) is 0 Å². The van der Waals surface area contributed by atoms with Crippen molar-refractivity contribution in [3.63, 3.8) is 0 Å². The maximum atomic E-state index is 11.3. The quantitative estimate of drug-likeness (QED) is 0.611. The van der Waals surface area contributed by atoms with Gasteiger partial charge in [-0.1, -0.05) is 12.7 Å². The molecule has 53 valence electrons. The SMILES string of the molecule is [CH]=CCC(O)C(F)(F)F. The molecule has 0 spiro atoms. The van der Waals surface area contributed by atoms with Gasteiger partial charge < -0.3 is 5.11 Å². The summed E-state index contributed by atoms with van der Waals surface area (Å²) < 4.78 is 33.9. The maximum Gasteiger partial charge on any atom is 0.414 e. The molecular weight excluding hydrogens is 133 g/mol. The lowest BCUT2D eigenvalue weighted by Crippen LogP contribution is -2.27. The summed E-state index contributed by atoms with van der Waals surface area (Å²) in [6.45, 7) is 4.64. The second-order valence-electron chi connectivity index (χ2n) is 1.53. The molecule has 0 aliphatic rings. The number of alkyl halides is 3. The van der Waals surface area contributed by atoms with Crippen molar-refractivity contribution in [2.45, 2.75) is 18.7 Å². The Balaban J connectivity index is 3.72. The first kappa shape index (κ1) is 8.49. The molecule has 1 atom stereocenters. The summed E-state index contributed by atoms with van der Waals surface area (Å²) in [6, 6.07) is 0. The predicted molar refractivity (Wildman–Crippen MR) is 25.5 cm³/mol. The van der Waals surface area contributed by atoms with E-state index >= 15 is 0 Å². The highest BCUT2D eigenvalue weighted by molar-refractivity contribution is 4.74. The summed E-state index contributed by atoms with van der Waals surface area (Å²) in [5.41, 5.74) is 0. The molecule has 1 unspecified atom stereocenters. The molecule has 0 aromatic rings. The van der Waals surface area contributed by atoms with Crippen LogP contribution in [0.4, 0.5) is 13.2 Å². The van der Waals surface area contributed by atoms with E-state index < -0.39 is 18.7 Å². The molecule has 1 radical (unpaired) electrons. The molecule has 0 aliphatic heterocycles. The third kappa shape index (κ3) is 3.13. The summed E-state index contributed by atoms with van der Waals surface area (Å²) in [7, 11) is 0. The Morgan fingerprint density at radius 3 is 2.11 bits per heavy atom.